The molecule has 196 valence electrons. The highest BCUT2D eigenvalue weighted by Gasteiger charge is 2.48. The van der Waals surface area contributed by atoms with Crippen LogP contribution in [0.15, 0.2) is 67.0 Å². The Kier molecular flexibility index (Phi) is 8.32. The van der Waals surface area contributed by atoms with Gasteiger partial charge in [-0.25, -0.2) is 9.78 Å². The number of hydrogen-bond donors (Lipinski definition) is 1. The molecule has 1 amide bonds. The summed E-state index contributed by atoms with van der Waals surface area (Å²) in [5, 5.41) is 11.4. The number of aliphatic hydroxyl groups is 1. The van der Waals surface area contributed by atoms with Crippen LogP contribution in [0.2, 0.25) is 0 Å². The molecule has 0 saturated carbocycles. The second kappa shape index (κ2) is 11.8. The Hall–Kier alpha value is -4.31. The fourth-order valence-electron chi connectivity index (χ4n) is 3.96. The van der Waals surface area contributed by atoms with Crippen LogP contribution in [0.4, 0.5) is 5.13 Å². The monoisotopic (exact) mass is 533 g/mol. The molecule has 1 saturated heterocycles. The molecule has 10 heteroatoms. The van der Waals surface area contributed by atoms with E-state index >= 15 is 0 Å². The average Bonchev–Trinajstić information content (AvgIpc) is 3.44. The predicted molar refractivity (Wildman–Crippen MR) is 143 cm³/mol. The van der Waals surface area contributed by atoms with Crippen molar-refractivity contribution in [2.45, 2.75) is 32.7 Å². The topological polar surface area (TPSA) is 119 Å². The number of ether oxygens (including phenoxy) is 2. The van der Waals surface area contributed by atoms with Crippen molar-refractivity contribution in [3.8, 4) is 5.75 Å². The molecule has 3 aromatic rings. The van der Waals surface area contributed by atoms with Crippen molar-refractivity contribution in [1.29, 1.82) is 0 Å². The van der Waals surface area contributed by atoms with Gasteiger partial charge in [0, 0.05) is 18.0 Å². The molecule has 1 aromatic carbocycles. The summed E-state index contributed by atoms with van der Waals surface area (Å²) in [6, 6.07) is 9.02. The maximum atomic E-state index is 13.3. The summed E-state index contributed by atoms with van der Waals surface area (Å²) in [5.41, 5.74) is 1.09. The summed E-state index contributed by atoms with van der Waals surface area (Å²) >= 11 is 0.932. The highest BCUT2D eigenvalue weighted by atomic mass is 32.1. The number of rotatable bonds is 10. The van der Waals surface area contributed by atoms with Crippen LogP contribution in [0.25, 0.3) is 5.76 Å². The van der Waals surface area contributed by atoms with Gasteiger partial charge in [0.05, 0.1) is 23.9 Å². The van der Waals surface area contributed by atoms with Gasteiger partial charge in [-0.15, -0.1) is 0 Å². The van der Waals surface area contributed by atoms with E-state index < -0.39 is 23.7 Å². The van der Waals surface area contributed by atoms with Crippen LogP contribution in [0.1, 0.15) is 52.3 Å². The number of unbranched alkanes of at least 4 members (excludes halogenated alkanes) is 1. The molecule has 1 N–H and O–H groups in total. The zero-order valence-corrected chi connectivity index (χ0v) is 21.9. The number of hydrogen-bond acceptors (Lipinski definition) is 9. The number of carbonyl (C=O) groups is 3. The van der Waals surface area contributed by atoms with E-state index in [2.05, 4.69) is 23.5 Å². The molecule has 0 bridgehead atoms. The predicted octanol–water partition coefficient (Wildman–Crippen LogP) is 4.99. The Morgan fingerprint density at radius 2 is 2.00 bits per heavy atom. The molecule has 3 heterocycles. The van der Waals surface area contributed by atoms with E-state index in [0.717, 1.165) is 24.2 Å². The lowest BCUT2D eigenvalue weighted by atomic mass is 9.96. The van der Waals surface area contributed by atoms with Gasteiger partial charge in [0.2, 0.25) is 0 Å². The number of carbonyl (C=O) groups excluding carboxylic acids is 3. The van der Waals surface area contributed by atoms with Gasteiger partial charge in [-0.1, -0.05) is 43.4 Å². The first-order valence-corrected chi connectivity index (χ1v) is 12.9. The van der Waals surface area contributed by atoms with Gasteiger partial charge in [0.1, 0.15) is 23.0 Å². The maximum absolute atomic E-state index is 13.3. The van der Waals surface area contributed by atoms with Crippen molar-refractivity contribution >= 4 is 39.9 Å². The lowest BCUT2D eigenvalue weighted by molar-refractivity contribution is -0.132. The largest absolute Gasteiger partial charge is 0.507 e. The van der Waals surface area contributed by atoms with Crippen molar-refractivity contribution in [2.24, 2.45) is 0 Å². The van der Waals surface area contributed by atoms with Crippen LogP contribution in [0, 0.1) is 6.92 Å². The van der Waals surface area contributed by atoms with Crippen LogP contribution >= 0.6 is 11.3 Å². The molecule has 0 radical (unpaired) electrons. The molecule has 38 heavy (non-hydrogen) atoms. The van der Waals surface area contributed by atoms with E-state index in [1.165, 1.54) is 17.2 Å². The first-order valence-electron chi connectivity index (χ1n) is 12.1. The Balaban J connectivity index is 1.77. The van der Waals surface area contributed by atoms with Crippen molar-refractivity contribution in [2.75, 3.05) is 18.1 Å². The normalized spacial score (nSPS) is 16.5. The van der Waals surface area contributed by atoms with E-state index in [4.69, 9.17) is 9.47 Å². The van der Waals surface area contributed by atoms with Gasteiger partial charge in [-0.2, -0.15) is 0 Å². The summed E-state index contributed by atoms with van der Waals surface area (Å²) in [6.07, 6.45) is 6.44. The van der Waals surface area contributed by atoms with Crippen LogP contribution < -0.4 is 9.64 Å². The number of aryl methyl sites for hydroxylation is 1. The third-order valence-corrected chi connectivity index (χ3v) is 6.98. The van der Waals surface area contributed by atoms with E-state index in [0.29, 0.717) is 29.2 Å². The first-order chi connectivity index (χ1) is 18.4. The molecule has 2 aromatic heterocycles. The Labute approximate surface area is 224 Å². The quantitative estimate of drug-likeness (QED) is 0.0966. The second-order valence-electron chi connectivity index (χ2n) is 8.48. The Morgan fingerprint density at radius 3 is 2.66 bits per heavy atom. The zero-order chi connectivity index (χ0) is 27.2. The van der Waals surface area contributed by atoms with Gasteiger partial charge >= 0.3 is 11.9 Å². The minimum atomic E-state index is -1.01. The zero-order valence-electron chi connectivity index (χ0n) is 21.0. The van der Waals surface area contributed by atoms with Crippen molar-refractivity contribution in [3.05, 3.63) is 88.7 Å². The number of aliphatic hydroxyl groups excluding tert-OH is 1. The molecule has 4 rings (SSSR count). The number of nitrogens with zero attached hydrogens (tertiary/aromatic N) is 3. The average molecular weight is 534 g/mol. The molecule has 0 spiro atoms. The minimum Gasteiger partial charge on any atom is -0.507 e. The fourth-order valence-corrected chi connectivity index (χ4v) is 4.94. The summed E-state index contributed by atoms with van der Waals surface area (Å²) < 4.78 is 10.8. The smallest absolute Gasteiger partial charge is 0.350 e. The van der Waals surface area contributed by atoms with Crippen LogP contribution in [0.5, 0.6) is 5.75 Å². The minimum absolute atomic E-state index is 0.0220. The number of aromatic nitrogens is 2. The van der Waals surface area contributed by atoms with Gasteiger partial charge in [-0.05, 0) is 49.2 Å². The molecular formula is C28H27N3O6S. The number of pyridine rings is 1. The molecule has 1 fully saturated rings. The van der Waals surface area contributed by atoms with Gasteiger partial charge < -0.3 is 14.6 Å². The number of anilines is 1. The summed E-state index contributed by atoms with van der Waals surface area (Å²) in [6.45, 7) is 7.81. The lowest BCUT2D eigenvalue weighted by Gasteiger charge is -2.22. The van der Waals surface area contributed by atoms with E-state index in [1.54, 1.807) is 49.5 Å². The standard InChI is InChI=1S/C28H27N3O6S/c1-4-6-15-36-20-11-9-18(10-12-20)23(32)21-22(19-8-7-13-29-16-19)31(26(34)24(21)33)28-30-17(3)25(38-28)27(35)37-14-5-2/h5,7-13,16,22,32H,2,4,6,14-15H2,1,3H3/t22-/m0/s1. The molecule has 9 nitrogen and oxygen atoms in total. The SMILES string of the molecule is C=CCOC(=O)c1sc(N2C(=O)C(=O)C(=C(O)c3ccc(OCCCC)cc3)[C@@H]2c2cccnc2)nc1C. The van der Waals surface area contributed by atoms with Crippen LogP contribution in [-0.2, 0) is 14.3 Å². The Bertz CT molecular complexity index is 1380. The fraction of sp³-hybridized carbons (Fsp3) is 0.250. The highest BCUT2D eigenvalue weighted by molar-refractivity contribution is 7.17. The molecule has 1 aliphatic rings. The van der Waals surface area contributed by atoms with Gasteiger partial charge in [0.25, 0.3) is 5.78 Å². The van der Waals surface area contributed by atoms with Crippen LogP contribution in [0.3, 0.4) is 0 Å². The lowest BCUT2D eigenvalue weighted by Crippen LogP contribution is -2.29. The second-order valence-corrected chi connectivity index (χ2v) is 9.46. The van der Waals surface area contributed by atoms with Gasteiger partial charge in [-0.3, -0.25) is 19.5 Å². The molecular weight excluding hydrogens is 506 g/mol. The van der Waals surface area contributed by atoms with Crippen molar-refractivity contribution in [1.82, 2.24) is 9.97 Å². The molecule has 0 aliphatic carbocycles. The van der Waals surface area contributed by atoms with Crippen molar-refractivity contribution in [3.63, 3.8) is 0 Å². The maximum Gasteiger partial charge on any atom is 0.350 e. The van der Waals surface area contributed by atoms with Crippen LogP contribution in [-0.4, -0.2) is 45.9 Å². The number of ketones is 1. The number of benzene rings is 1. The number of Topliss-reactive ketones (excluding diaryl/α,β-unsaturated/α-hetero) is 1. The first kappa shape index (κ1) is 26.7. The summed E-state index contributed by atoms with van der Waals surface area (Å²) in [4.78, 5) is 49.0. The summed E-state index contributed by atoms with van der Waals surface area (Å²) in [5.74, 6) is -2.06. The third-order valence-electron chi connectivity index (χ3n) is 5.85. The highest BCUT2D eigenvalue weighted by Crippen LogP contribution is 2.43. The van der Waals surface area contributed by atoms with E-state index in [1.807, 2.05) is 0 Å². The summed E-state index contributed by atoms with van der Waals surface area (Å²) in [7, 11) is 0. The van der Waals surface area contributed by atoms with E-state index in [-0.39, 0.29) is 27.9 Å². The number of esters is 1. The number of thiazole rings is 1. The van der Waals surface area contributed by atoms with Gasteiger partial charge in [0.15, 0.2) is 5.13 Å². The Morgan fingerprint density at radius 1 is 1.24 bits per heavy atom. The number of amides is 1. The molecule has 1 atom stereocenters. The van der Waals surface area contributed by atoms with E-state index in [9.17, 15) is 19.5 Å². The molecule has 1 aliphatic heterocycles. The third kappa shape index (κ3) is 5.35. The van der Waals surface area contributed by atoms with Crippen molar-refractivity contribution < 1.29 is 29.0 Å². The molecule has 0 unspecified atom stereocenters.